The lowest BCUT2D eigenvalue weighted by Crippen LogP contribution is -2.70. The van der Waals surface area contributed by atoms with Crippen LogP contribution >= 0.6 is 0 Å². The average Bonchev–Trinajstić information content (AvgIpc) is 2.69. The molecule has 2 heterocycles. The van der Waals surface area contributed by atoms with Crippen molar-refractivity contribution in [3.63, 3.8) is 0 Å². The van der Waals surface area contributed by atoms with E-state index in [0.717, 1.165) is 10.8 Å². The van der Waals surface area contributed by atoms with Crippen molar-refractivity contribution in [2.45, 2.75) is 25.9 Å². The Morgan fingerprint density at radius 1 is 1.07 bits per heavy atom. The highest BCUT2D eigenvalue weighted by Gasteiger charge is 2.45. The summed E-state index contributed by atoms with van der Waals surface area (Å²) in [6.07, 6.45) is 0. The molecule has 0 bridgehead atoms. The summed E-state index contributed by atoms with van der Waals surface area (Å²) in [4.78, 5) is 41.7. The highest BCUT2D eigenvalue weighted by Crippen LogP contribution is 2.24. The fourth-order valence-corrected chi connectivity index (χ4v) is 3.98. The van der Waals surface area contributed by atoms with Gasteiger partial charge in [0.15, 0.2) is 0 Å². The van der Waals surface area contributed by atoms with Gasteiger partial charge in [0.05, 0.1) is 6.54 Å². The first-order valence-corrected chi connectivity index (χ1v) is 9.35. The molecule has 0 aromatic heterocycles. The number of carbonyl (C=O) groups is 3. The number of fused-ring (bicyclic) bond motifs is 2. The SMILES string of the molecule is CC(C)[C@@H]1NC(=O)[C@H]2CN(C(=O)c3cccc4ccccc34)CCN2C1=O. The smallest absolute Gasteiger partial charge is 0.254 e. The van der Waals surface area contributed by atoms with Crippen molar-refractivity contribution in [3.05, 3.63) is 48.0 Å². The number of hydrogen-bond donors (Lipinski definition) is 1. The third-order valence-electron chi connectivity index (χ3n) is 5.50. The number of nitrogens with one attached hydrogen (secondary N) is 1. The summed E-state index contributed by atoms with van der Waals surface area (Å²) in [5.74, 6) is -0.286. The van der Waals surface area contributed by atoms with Crippen molar-refractivity contribution in [1.82, 2.24) is 15.1 Å². The van der Waals surface area contributed by atoms with Gasteiger partial charge < -0.3 is 15.1 Å². The van der Waals surface area contributed by atoms with Crippen molar-refractivity contribution in [2.24, 2.45) is 5.92 Å². The van der Waals surface area contributed by atoms with E-state index < -0.39 is 12.1 Å². The molecular formula is C21H23N3O3. The molecule has 0 unspecified atom stereocenters. The molecule has 0 spiro atoms. The zero-order valence-corrected chi connectivity index (χ0v) is 15.5. The largest absolute Gasteiger partial charge is 0.342 e. The molecule has 2 aromatic rings. The van der Waals surface area contributed by atoms with E-state index >= 15 is 0 Å². The van der Waals surface area contributed by atoms with Gasteiger partial charge >= 0.3 is 0 Å². The molecule has 140 valence electrons. The molecule has 6 nitrogen and oxygen atoms in total. The van der Waals surface area contributed by atoms with E-state index in [9.17, 15) is 14.4 Å². The van der Waals surface area contributed by atoms with Crippen LogP contribution < -0.4 is 5.32 Å². The van der Waals surface area contributed by atoms with E-state index in [1.165, 1.54) is 0 Å². The maximum absolute atomic E-state index is 13.1. The summed E-state index contributed by atoms with van der Waals surface area (Å²) in [6.45, 7) is 4.89. The Bertz CT molecular complexity index is 919. The van der Waals surface area contributed by atoms with Crippen LogP contribution in [0.15, 0.2) is 42.5 Å². The minimum atomic E-state index is -0.611. The molecule has 2 aromatic carbocycles. The summed E-state index contributed by atoms with van der Waals surface area (Å²) in [5, 5.41) is 4.73. The van der Waals surface area contributed by atoms with Crippen molar-refractivity contribution in [2.75, 3.05) is 19.6 Å². The number of carbonyl (C=O) groups excluding carboxylic acids is 3. The maximum atomic E-state index is 13.1. The first kappa shape index (κ1) is 17.5. The molecule has 3 amide bonds. The Balaban J connectivity index is 1.58. The van der Waals surface area contributed by atoms with Crippen LogP contribution in [0.4, 0.5) is 0 Å². The van der Waals surface area contributed by atoms with E-state index in [4.69, 9.17) is 0 Å². The van der Waals surface area contributed by atoms with Crippen LogP contribution in [0.5, 0.6) is 0 Å². The molecule has 2 aliphatic rings. The van der Waals surface area contributed by atoms with Crippen LogP contribution in [-0.2, 0) is 9.59 Å². The number of amides is 3. The van der Waals surface area contributed by atoms with E-state index in [-0.39, 0.29) is 30.2 Å². The van der Waals surface area contributed by atoms with Gasteiger partial charge in [0.1, 0.15) is 12.1 Å². The third kappa shape index (κ3) is 2.95. The third-order valence-corrected chi connectivity index (χ3v) is 5.50. The van der Waals surface area contributed by atoms with Crippen LogP contribution in [0.1, 0.15) is 24.2 Å². The molecule has 2 saturated heterocycles. The fourth-order valence-electron chi connectivity index (χ4n) is 3.98. The van der Waals surface area contributed by atoms with Gasteiger partial charge in [0.2, 0.25) is 11.8 Å². The molecular weight excluding hydrogens is 342 g/mol. The second kappa shape index (κ2) is 6.68. The second-order valence-electron chi connectivity index (χ2n) is 7.56. The first-order valence-electron chi connectivity index (χ1n) is 9.35. The monoisotopic (exact) mass is 365 g/mol. The summed E-state index contributed by atoms with van der Waals surface area (Å²) >= 11 is 0. The van der Waals surface area contributed by atoms with Gasteiger partial charge in [-0.1, -0.05) is 50.2 Å². The number of rotatable bonds is 2. The van der Waals surface area contributed by atoms with E-state index in [1.807, 2.05) is 56.3 Å². The van der Waals surface area contributed by atoms with Gasteiger partial charge in [-0.2, -0.15) is 0 Å². The maximum Gasteiger partial charge on any atom is 0.254 e. The lowest BCUT2D eigenvalue weighted by molar-refractivity contribution is -0.153. The number of nitrogens with zero attached hydrogens (tertiary/aromatic N) is 2. The first-order chi connectivity index (χ1) is 13.0. The normalized spacial score (nSPS) is 22.8. The Hall–Kier alpha value is -2.89. The summed E-state index contributed by atoms with van der Waals surface area (Å²) in [6, 6.07) is 12.3. The van der Waals surface area contributed by atoms with Crippen LogP contribution in [0.25, 0.3) is 10.8 Å². The van der Waals surface area contributed by atoms with Crippen molar-refractivity contribution in [3.8, 4) is 0 Å². The number of hydrogen-bond acceptors (Lipinski definition) is 3. The van der Waals surface area contributed by atoms with E-state index in [1.54, 1.807) is 9.80 Å². The summed E-state index contributed by atoms with van der Waals surface area (Å²) in [7, 11) is 0. The minimum Gasteiger partial charge on any atom is -0.342 e. The fraction of sp³-hybridized carbons (Fsp3) is 0.381. The van der Waals surface area contributed by atoms with Gasteiger partial charge in [-0.3, -0.25) is 14.4 Å². The molecule has 6 heteroatoms. The van der Waals surface area contributed by atoms with E-state index in [2.05, 4.69) is 5.32 Å². The number of benzene rings is 2. The predicted molar refractivity (Wildman–Crippen MR) is 102 cm³/mol. The zero-order chi connectivity index (χ0) is 19.1. The summed E-state index contributed by atoms with van der Waals surface area (Å²) < 4.78 is 0. The molecule has 0 aliphatic carbocycles. The standard InChI is InChI=1S/C21H23N3O3/c1-13(2)18-21(27)24-11-10-23(12-17(24)19(25)22-18)20(26)16-9-5-7-14-6-3-4-8-15(14)16/h3-9,13,17-18H,10-12H2,1-2H3,(H,22,25)/t17-,18+/m1/s1. The van der Waals surface area contributed by atoms with Crippen molar-refractivity contribution >= 4 is 28.5 Å². The van der Waals surface area contributed by atoms with Gasteiger partial charge in [0, 0.05) is 18.7 Å². The quantitative estimate of drug-likeness (QED) is 0.880. The predicted octanol–water partition coefficient (Wildman–Crippen LogP) is 1.65. The topological polar surface area (TPSA) is 69.7 Å². The van der Waals surface area contributed by atoms with E-state index in [0.29, 0.717) is 18.7 Å². The molecule has 2 atom stereocenters. The molecule has 0 saturated carbocycles. The van der Waals surface area contributed by atoms with Crippen molar-refractivity contribution in [1.29, 1.82) is 0 Å². The Morgan fingerprint density at radius 2 is 1.81 bits per heavy atom. The Kier molecular flexibility index (Phi) is 4.34. The molecule has 2 aliphatic heterocycles. The zero-order valence-electron chi connectivity index (χ0n) is 15.5. The molecule has 0 radical (unpaired) electrons. The van der Waals surface area contributed by atoms with Gasteiger partial charge in [-0.05, 0) is 22.8 Å². The highest BCUT2D eigenvalue weighted by atomic mass is 16.2. The molecule has 27 heavy (non-hydrogen) atoms. The number of piperazine rings is 2. The average molecular weight is 365 g/mol. The van der Waals surface area contributed by atoms with Crippen LogP contribution in [0.3, 0.4) is 0 Å². The second-order valence-corrected chi connectivity index (χ2v) is 7.56. The van der Waals surface area contributed by atoms with Gasteiger partial charge in [-0.25, -0.2) is 0 Å². The molecule has 1 N–H and O–H groups in total. The molecule has 4 rings (SSSR count). The highest BCUT2D eigenvalue weighted by molar-refractivity contribution is 6.07. The van der Waals surface area contributed by atoms with Crippen LogP contribution in [0, 0.1) is 5.92 Å². The lowest BCUT2D eigenvalue weighted by Gasteiger charge is -2.46. The van der Waals surface area contributed by atoms with Gasteiger partial charge in [-0.15, -0.1) is 0 Å². The Labute approximate surface area is 158 Å². The van der Waals surface area contributed by atoms with Gasteiger partial charge in [0.25, 0.3) is 5.91 Å². The minimum absolute atomic E-state index is 0.0396. The van der Waals surface area contributed by atoms with Crippen LogP contribution in [-0.4, -0.2) is 59.2 Å². The summed E-state index contributed by atoms with van der Waals surface area (Å²) in [5.41, 5.74) is 0.629. The van der Waals surface area contributed by atoms with Crippen LogP contribution in [0.2, 0.25) is 0 Å². The Morgan fingerprint density at radius 3 is 2.59 bits per heavy atom. The lowest BCUT2D eigenvalue weighted by atomic mass is 9.96. The van der Waals surface area contributed by atoms with Crippen molar-refractivity contribution < 1.29 is 14.4 Å². The molecule has 2 fully saturated rings.